The molecule has 1 heterocycles. The molecule has 0 atom stereocenters. The molecule has 2 heteroatoms. The fourth-order valence-electron chi connectivity index (χ4n) is 6.27. The van der Waals surface area contributed by atoms with Gasteiger partial charge in [0.1, 0.15) is 0 Å². The summed E-state index contributed by atoms with van der Waals surface area (Å²) in [5.41, 5.74) is 11.7. The van der Waals surface area contributed by atoms with Crippen LogP contribution in [0.3, 0.4) is 0 Å². The van der Waals surface area contributed by atoms with E-state index in [0.29, 0.717) is 0 Å². The lowest BCUT2D eigenvalue weighted by Crippen LogP contribution is -2.10. The Bertz CT molecular complexity index is 2040. The Morgan fingerprint density at radius 1 is 0.295 bits per heavy atom. The maximum absolute atomic E-state index is 2.36. The van der Waals surface area contributed by atoms with E-state index in [4.69, 9.17) is 0 Å². The van der Waals surface area contributed by atoms with Crippen molar-refractivity contribution in [3.05, 3.63) is 182 Å². The Morgan fingerprint density at radius 2 is 0.636 bits per heavy atom. The lowest BCUT2D eigenvalue weighted by atomic mass is 10.0. The highest BCUT2D eigenvalue weighted by Crippen LogP contribution is 2.38. The molecule has 0 fully saturated rings. The number of rotatable bonds is 6. The minimum atomic E-state index is 1.11. The van der Waals surface area contributed by atoms with Gasteiger partial charge in [-0.15, -0.1) is 0 Å². The van der Waals surface area contributed by atoms with Crippen LogP contribution in [-0.2, 0) is 0 Å². The summed E-state index contributed by atoms with van der Waals surface area (Å²) >= 11 is 0. The van der Waals surface area contributed by atoms with Crippen molar-refractivity contribution in [1.29, 1.82) is 0 Å². The number of anilines is 3. The zero-order valence-electron chi connectivity index (χ0n) is 24.2. The number of hydrogen-bond donors (Lipinski definition) is 0. The van der Waals surface area contributed by atoms with E-state index in [-0.39, 0.29) is 0 Å². The second-order valence-corrected chi connectivity index (χ2v) is 11.0. The molecule has 0 unspecified atom stereocenters. The van der Waals surface area contributed by atoms with Crippen molar-refractivity contribution in [2.45, 2.75) is 0 Å². The van der Waals surface area contributed by atoms with E-state index in [1.165, 1.54) is 44.1 Å². The minimum Gasteiger partial charge on any atom is -0.311 e. The summed E-state index contributed by atoms with van der Waals surface area (Å²) in [6.45, 7) is 0. The van der Waals surface area contributed by atoms with Gasteiger partial charge in [-0.2, -0.15) is 0 Å². The average Bonchev–Trinajstić information content (AvgIpc) is 3.45. The standard InChI is InChI=1S/C42H30N2/c1-3-11-31(12-4-1)33-19-23-35(24-20-33)43(36-25-21-34(22-26-36)32-13-5-2-6-14-32)37-27-29-38(30-28-37)44-41-17-9-7-15-39(41)40-16-8-10-18-42(40)44/h1-30H. The molecule has 44 heavy (non-hydrogen) atoms. The molecule has 8 rings (SSSR count). The maximum Gasteiger partial charge on any atom is 0.0541 e. The molecule has 0 N–H and O–H groups in total. The topological polar surface area (TPSA) is 8.17 Å². The highest BCUT2D eigenvalue weighted by molar-refractivity contribution is 6.09. The predicted molar refractivity (Wildman–Crippen MR) is 186 cm³/mol. The number of benzene rings is 7. The van der Waals surface area contributed by atoms with Crippen molar-refractivity contribution in [2.75, 3.05) is 4.90 Å². The summed E-state index contributed by atoms with van der Waals surface area (Å²) in [7, 11) is 0. The molecular weight excluding hydrogens is 532 g/mol. The number of para-hydroxylation sites is 2. The summed E-state index contributed by atoms with van der Waals surface area (Å²) in [5.74, 6) is 0. The third-order valence-corrected chi connectivity index (χ3v) is 8.41. The van der Waals surface area contributed by atoms with Crippen molar-refractivity contribution in [1.82, 2.24) is 4.57 Å². The zero-order valence-corrected chi connectivity index (χ0v) is 24.2. The van der Waals surface area contributed by atoms with Crippen LogP contribution in [0, 0.1) is 0 Å². The van der Waals surface area contributed by atoms with E-state index < -0.39 is 0 Å². The number of fused-ring (bicyclic) bond motifs is 3. The van der Waals surface area contributed by atoms with E-state index in [1.54, 1.807) is 0 Å². The first-order chi connectivity index (χ1) is 21.8. The molecule has 1 aromatic heterocycles. The lowest BCUT2D eigenvalue weighted by molar-refractivity contribution is 1.17. The molecule has 7 aromatic carbocycles. The number of hydrogen-bond acceptors (Lipinski definition) is 1. The van der Waals surface area contributed by atoms with Crippen LogP contribution in [-0.4, -0.2) is 4.57 Å². The van der Waals surface area contributed by atoms with E-state index in [0.717, 1.165) is 22.7 Å². The normalized spacial score (nSPS) is 11.2. The third-order valence-electron chi connectivity index (χ3n) is 8.41. The minimum absolute atomic E-state index is 1.11. The summed E-state index contributed by atoms with van der Waals surface area (Å²) in [4.78, 5) is 2.33. The highest BCUT2D eigenvalue weighted by Gasteiger charge is 2.15. The van der Waals surface area contributed by atoms with E-state index in [1.807, 2.05) is 0 Å². The van der Waals surface area contributed by atoms with Gasteiger partial charge in [0.2, 0.25) is 0 Å². The quantitative estimate of drug-likeness (QED) is 0.196. The van der Waals surface area contributed by atoms with Gasteiger partial charge in [0, 0.05) is 33.5 Å². The van der Waals surface area contributed by atoms with Gasteiger partial charge >= 0.3 is 0 Å². The molecule has 2 nitrogen and oxygen atoms in total. The lowest BCUT2D eigenvalue weighted by Gasteiger charge is -2.26. The average molecular weight is 563 g/mol. The summed E-state index contributed by atoms with van der Waals surface area (Å²) in [6.07, 6.45) is 0. The molecule has 0 spiro atoms. The van der Waals surface area contributed by atoms with Gasteiger partial charge in [-0.05, 0) is 82.9 Å². The van der Waals surface area contributed by atoms with Crippen LogP contribution in [0.2, 0.25) is 0 Å². The van der Waals surface area contributed by atoms with Crippen LogP contribution >= 0.6 is 0 Å². The Kier molecular flexibility index (Phi) is 6.51. The third kappa shape index (κ3) is 4.63. The molecule has 0 radical (unpaired) electrons. The van der Waals surface area contributed by atoms with Gasteiger partial charge in [-0.1, -0.05) is 121 Å². The fraction of sp³-hybridized carbons (Fsp3) is 0. The van der Waals surface area contributed by atoms with Gasteiger partial charge in [-0.25, -0.2) is 0 Å². The van der Waals surface area contributed by atoms with Crippen LogP contribution in [0.5, 0.6) is 0 Å². The SMILES string of the molecule is c1ccc(-c2ccc(N(c3ccc(-c4ccccc4)cc3)c3ccc(-n4c5ccccc5c5ccccc54)cc3)cc2)cc1. The highest BCUT2D eigenvalue weighted by atomic mass is 15.1. The Balaban J connectivity index is 1.22. The molecule has 0 bridgehead atoms. The Labute approximate surface area is 257 Å². The maximum atomic E-state index is 2.36. The van der Waals surface area contributed by atoms with Crippen LogP contribution in [0.1, 0.15) is 0 Å². The predicted octanol–water partition coefficient (Wildman–Crippen LogP) is 11.6. The molecule has 208 valence electrons. The summed E-state index contributed by atoms with van der Waals surface area (Å²) in [6, 6.07) is 65.0. The van der Waals surface area contributed by atoms with Crippen molar-refractivity contribution >= 4 is 38.9 Å². The van der Waals surface area contributed by atoms with Crippen LogP contribution < -0.4 is 4.90 Å². The fourth-order valence-corrected chi connectivity index (χ4v) is 6.27. The van der Waals surface area contributed by atoms with Crippen molar-refractivity contribution in [2.24, 2.45) is 0 Å². The van der Waals surface area contributed by atoms with E-state index in [2.05, 4.69) is 191 Å². The van der Waals surface area contributed by atoms with Crippen LogP contribution in [0.4, 0.5) is 17.1 Å². The molecule has 0 aliphatic heterocycles. The summed E-state index contributed by atoms with van der Waals surface area (Å²) < 4.78 is 2.36. The largest absolute Gasteiger partial charge is 0.311 e. The first-order valence-electron chi connectivity index (χ1n) is 15.0. The monoisotopic (exact) mass is 562 g/mol. The molecule has 8 aromatic rings. The Morgan fingerprint density at radius 3 is 1.07 bits per heavy atom. The van der Waals surface area contributed by atoms with Gasteiger partial charge in [0.15, 0.2) is 0 Å². The van der Waals surface area contributed by atoms with Crippen molar-refractivity contribution in [3.8, 4) is 27.9 Å². The molecule has 0 aliphatic rings. The van der Waals surface area contributed by atoms with Gasteiger partial charge in [-0.3, -0.25) is 0 Å². The van der Waals surface area contributed by atoms with Crippen molar-refractivity contribution in [3.63, 3.8) is 0 Å². The zero-order chi connectivity index (χ0) is 29.3. The Hall–Kier alpha value is -5.86. The molecular formula is C42H30N2. The first-order valence-corrected chi connectivity index (χ1v) is 15.0. The van der Waals surface area contributed by atoms with E-state index >= 15 is 0 Å². The molecule has 0 saturated heterocycles. The number of aromatic nitrogens is 1. The van der Waals surface area contributed by atoms with Gasteiger partial charge in [0.25, 0.3) is 0 Å². The van der Waals surface area contributed by atoms with Gasteiger partial charge < -0.3 is 9.47 Å². The summed E-state index contributed by atoms with van der Waals surface area (Å²) in [5, 5.41) is 2.54. The second-order valence-electron chi connectivity index (χ2n) is 11.0. The van der Waals surface area contributed by atoms with Crippen LogP contribution in [0.15, 0.2) is 182 Å². The molecule has 0 amide bonds. The van der Waals surface area contributed by atoms with Crippen molar-refractivity contribution < 1.29 is 0 Å². The second kappa shape index (κ2) is 11.1. The van der Waals surface area contributed by atoms with Gasteiger partial charge in [0.05, 0.1) is 11.0 Å². The molecule has 0 aliphatic carbocycles. The molecule has 0 saturated carbocycles. The van der Waals surface area contributed by atoms with Crippen LogP contribution in [0.25, 0.3) is 49.7 Å². The van der Waals surface area contributed by atoms with E-state index in [9.17, 15) is 0 Å². The number of nitrogens with zero attached hydrogens (tertiary/aromatic N) is 2. The smallest absolute Gasteiger partial charge is 0.0541 e. The first kappa shape index (κ1) is 25.8.